The SMILES string of the molecule is Cc1cccc(-n2ccn3c(SCC#N)nnc3c2=O)c1C. The van der Waals surface area contributed by atoms with Gasteiger partial charge in [-0.1, -0.05) is 23.9 Å². The topological polar surface area (TPSA) is 76.0 Å². The largest absolute Gasteiger partial charge is 0.300 e. The zero-order chi connectivity index (χ0) is 15.7. The number of nitriles is 1. The monoisotopic (exact) mass is 311 g/mol. The van der Waals surface area contributed by atoms with Crippen LogP contribution in [0.3, 0.4) is 0 Å². The Bertz CT molecular complexity index is 951. The minimum atomic E-state index is -0.229. The number of hydrogen-bond donors (Lipinski definition) is 0. The van der Waals surface area contributed by atoms with E-state index in [1.807, 2.05) is 38.1 Å². The molecule has 0 aliphatic carbocycles. The van der Waals surface area contributed by atoms with E-state index < -0.39 is 0 Å². The smallest absolute Gasteiger partial charge is 0.279 e. The minimum absolute atomic E-state index is 0.229. The van der Waals surface area contributed by atoms with Crippen LogP contribution >= 0.6 is 11.8 Å². The van der Waals surface area contributed by atoms with E-state index >= 15 is 0 Å². The molecule has 7 heteroatoms. The molecule has 0 spiro atoms. The van der Waals surface area contributed by atoms with Crippen molar-refractivity contribution in [2.45, 2.75) is 19.0 Å². The van der Waals surface area contributed by atoms with E-state index in [0.717, 1.165) is 16.8 Å². The fourth-order valence-corrected chi connectivity index (χ4v) is 2.83. The third-order valence-electron chi connectivity index (χ3n) is 3.54. The molecular weight excluding hydrogens is 298 g/mol. The van der Waals surface area contributed by atoms with E-state index in [2.05, 4.69) is 10.2 Å². The van der Waals surface area contributed by atoms with Gasteiger partial charge in [0.2, 0.25) is 5.65 Å². The highest BCUT2D eigenvalue weighted by Crippen LogP contribution is 2.18. The van der Waals surface area contributed by atoms with Crippen LogP contribution in [0.25, 0.3) is 11.3 Å². The highest BCUT2D eigenvalue weighted by molar-refractivity contribution is 7.99. The molecule has 110 valence electrons. The zero-order valence-corrected chi connectivity index (χ0v) is 13.0. The van der Waals surface area contributed by atoms with Gasteiger partial charge in [-0.3, -0.25) is 13.8 Å². The molecule has 0 unspecified atom stereocenters. The fraction of sp³-hybridized carbons (Fsp3) is 0.200. The van der Waals surface area contributed by atoms with Crippen molar-refractivity contribution in [2.75, 3.05) is 5.75 Å². The Balaban J connectivity index is 2.18. The second-order valence-corrected chi connectivity index (χ2v) is 5.76. The summed E-state index contributed by atoms with van der Waals surface area (Å²) in [5, 5.41) is 17.1. The van der Waals surface area contributed by atoms with E-state index in [1.165, 1.54) is 11.8 Å². The van der Waals surface area contributed by atoms with Crippen molar-refractivity contribution in [1.29, 1.82) is 5.26 Å². The number of fused-ring (bicyclic) bond motifs is 1. The molecule has 0 aliphatic heterocycles. The summed E-state index contributed by atoms with van der Waals surface area (Å²) in [5.74, 6) is 0.265. The van der Waals surface area contributed by atoms with Crippen molar-refractivity contribution in [3.05, 3.63) is 52.1 Å². The molecule has 0 radical (unpaired) electrons. The van der Waals surface area contributed by atoms with Crippen molar-refractivity contribution in [2.24, 2.45) is 0 Å². The summed E-state index contributed by atoms with van der Waals surface area (Å²) in [4.78, 5) is 12.6. The number of nitrogens with zero attached hydrogens (tertiary/aromatic N) is 5. The van der Waals surface area contributed by atoms with Crippen LogP contribution in [0.15, 0.2) is 40.5 Å². The lowest BCUT2D eigenvalue weighted by Crippen LogP contribution is -2.21. The molecule has 2 aromatic heterocycles. The highest BCUT2D eigenvalue weighted by atomic mass is 32.2. The lowest BCUT2D eigenvalue weighted by atomic mass is 10.1. The summed E-state index contributed by atoms with van der Waals surface area (Å²) < 4.78 is 3.19. The van der Waals surface area contributed by atoms with E-state index in [4.69, 9.17) is 5.26 Å². The number of benzene rings is 1. The first-order chi connectivity index (χ1) is 10.6. The van der Waals surface area contributed by atoms with Crippen molar-refractivity contribution >= 4 is 17.4 Å². The van der Waals surface area contributed by atoms with E-state index in [1.54, 1.807) is 21.4 Å². The molecule has 0 aliphatic rings. The second kappa shape index (κ2) is 5.66. The van der Waals surface area contributed by atoms with Gasteiger partial charge in [-0.2, -0.15) is 5.26 Å². The Morgan fingerprint density at radius 1 is 1.27 bits per heavy atom. The maximum Gasteiger partial charge on any atom is 0.300 e. The normalized spacial score (nSPS) is 10.8. The quantitative estimate of drug-likeness (QED) is 0.692. The summed E-state index contributed by atoms with van der Waals surface area (Å²) >= 11 is 1.25. The Kier molecular flexibility index (Phi) is 3.69. The molecule has 1 aromatic carbocycles. The fourth-order valence-electron chi connectivity index (χ4n) is 2.25. The van der Waals surface area contributed by atoms with E-state index in [-0.39, 0.29) is 17.0 Å². The maximum absolute atomic E-state index is 12.6. The van der Waals surface area contributed by atoms with Crippen molar-refractivity contribution < 1.29 is 0 Å². The van der Waals surface area contributed by atoms with Crippen molar-refractivity contribution in [1.82, 2.24) is 19.2 Å². The van der Waals surface area contributed by atoms with Gasteiger partial charge >= 0.3 is 5.56 Å². The van der Waals surface area contributed by atoms with Crippen LogP contribution in [0.5, 0.6) is 0 Å². The van der Waals surface area contributed by atoms with Gasteiger partial charge in [0.15, 0.2) is 5.16 Å². The lowest BCUT2D eigenvalue weighted by molar-refractivity contribution is 0.891. The third kappa shape index (κ3) is 2.27. The molecule has 22 heavy (non-hydrogen) atoms. The standard InChI is InChI=1S/C15H13N5OS/c1-10-4-3-5-12(11(10)2)19-7-8-20-13(14(19)21)17-18-15(20)22-9-6-16/h3-5,7-8H,9H2,1-2H3. The number of aryl methyl sites for hydroxylation is 1. The number of thioether (sulfide) groups is 1. The zero-order valence-electron chi connectivity index (χ0n) is 12.1. The molecule has 3 rings (SSSR count). The van der Waals surface area contributed by atoms with E-state index in [9.17, 15) is 4.79 Å². The molecule has 3 aromatic rings. The van der Waals surface area contributed by atoms with Crippen LogP contribution in [0.1, 0.15) is 11.1 Å². The van der Waals surface area contributed by atoms with Crippen molar-refractivity contribution in [3.8, 4) is 11.8 Å². The Hall–Kier alpha value is -2.59. The van der Waals surface area contributed by atoms with Crippen LogP contribution in [0.2, 0.25) is 0 Å². The van der Waals surface area contributed by atoms with E-state index in [0.29, 0.717) is 5.16 Å². The lowest BCUT2D eigenvalue weighted by Gasteiger charge is -2.11. The minimum Gasteiger partial charge on any atom is -0.279 e. The first-order valence-electron chi connectivity index (χ1n) is 6.66. The van der Waals surface area contributed by atoms with Crippen molar-refractivity contribution in [3.63, 3.8) is 0 Å². The molecule has 0 N–H and O–H groups in total. The van der Waals surface area contributed by atoms with Crippen LogP contribution < -0.4 is 5.56 Å². The molecule has 0 saturated heterocycles. The predicted molar refractivity (Wildman–Crippen MR) is 84.4 cm³/mol. The maximum atomic E-state index is 12.6. The molecule has 6 nitrogen and oxygen atoms in total. The van der Waals surface area contributed by atoms with Gasteiger partial charge in [0.1, 0.15) is 0 Å². The van der Waals surface area contributed by atoms with Gasteiger partial charge in [-0.05, 0) is 31.0 Å². The Morgan fingerprint density at radius 3 is 2.86 bits per heavy atom. The van der Waals surface area contributed by atoms with Crippen LogP contribution in [-0.2, 0) is 0 Å². The average Bonchev–Trinajstić information content (AvgIpc) is 2.93. The number of rotatable bonds is 3. The summed E-state index contributed by atoms with van der Waals surface area (Å²) in [6.07, 6.45) is 3.45. The van der Waals surface area contributed by atoms with Crippen LogP contribution in [0, 0.1) is 25.2 Å². The highest BCUT2D eigenvalue weighted by Gasteiger charge is 2.13. The van der Waals surface area contributed by atoms with Crippen LogP contribution in [0.4, 0.5) is 0 Å². The molecule has 0 atom stereocenters. The van der Waals surface area contributed by atoms with Crippen LogP contribution in [-0.4, -0.2) is 24.9 Å². The van der Waals surface area contributed by atoms with Gasteiger partial charge in [-0.25, -0.2) is 0 Å². The summed E-state index contributed by atoms with van der Waals surface area (Å²) in [6, 6.07) is 7.87. The summed E-state index contributed by atoms with van der Waals surface area (Å²) in [6.45, 7) is 4.00. The molecular formula is C15H13N5OS. The average molecular weight is 311 g/mol. The molecule has 0 fully saturated rings. The molecule has 0 amide bonds. The predicted octanol–water partition coefficient (Wildman–Crippen LogP) is 2.11. The number of hydrogen-bond acceptors (Lipinski definition) is 5. The van der Waals surface area contributed by atoms with Gasteiger partial charge in [0, 0.05) is 12.4 Å². The third-order valence-corrected chi connectivity index (χ3v) is 4.35. The molecule has 2 heterocycles. The number of aromatic nitrogens is 4. The Labute approximate surface area is 131 Å². The summed E-state index contributed by atoms with van der Waals surface area (Å²) in [7, 11) is 0. The first-order valence-corrected chi connectivity index (χ1v) is 7.65. The molecule has 0 saturated carbocycles. The second-order valence-electron chi connectivity index (χ2n) is 4.82. The van der Waals surface area contributed by atoms with Gasteiger partial charge in [0.05, 0.1) is 17.5 Å². The molecule has 0 bridgehead atoms. The van der Waals surface area contributed by atoms with Gasteiger partial charge in [0.25, 0.3) is 0 Å². The summed E-state index contributed by atoms with van der Waals surface area (Å²) in [5.41, 5.74) is 3.03. The first kappa shape index (κ1) is 14.4. The van der Waals surface area contributed by atoms with Gasteiger partial charge < -0.3 is 0 Å². The van der Waals surface area contributed by atoms with Gasteiger partial charge in [-0.15, -0.1) is 10.2 Å². The Morgan fingerprint density at radius 2 is 2.09 bits per heavy atom.